The van der Waals surface area contributed by atoms with Gasteiger partial charge in [-0.2, -0.15) is 0 Å². The normalized spacial score (nSPS) is 8.50. The summed E-state index contributed by atoms with van der Waals surface area (Å²) in [5.41, 5.74) is 0. The molecule has 0 rings (SSSR count). The van der Waals surface area contributed by atoms with E-state index in [0.717, 1.165) is 6.42 Å². The number of carbonyl (C=O) groups excluding carboxylic acids is 1. The van der Waals surface area contributed by atoms with Crippen molar-refractivity contribution >= 4 is 5.78 Å². The molecule has 0 bridgehead atoms. The molecule has 2 nitrogen and oxygen atoms in total. The van der Waals surface area contributed by atoms with Crippen molar-refractivity contribution in [2.75, 3.05) is 0 Å². The Labute approximate surface area is 50.9 Å². The van der Waals surface area contributed by atoms with Gasteiger partial charge in [-0.05, 0) is 12.8 Å². The molecule has 0 aliphatic carbocycles. The Morgan fingerprint density at radius 1 is 1.50 bits per heavy atom. The van der Waals surface area contributed by atoms with Crippen LogP contribution >= 0.6 is 0 Å². The van der Waals surface area contributed by atoms with Gasteiger partial charge in [0.05, 0.1) is 0 Å². The van der Waals surface area contributed by atoms with Crippen LogP contribution in [0.2, 0.25) is 0 Å². The molecular formula is C6H12NO. The van der Waals surface area contributed by atoms with Gasteiger partial charge < -0.3 is 4.79 Å². The molecule has 0 aromatic carbocycles. The zero-order valence-corrected chi connectivity index (χ0v) is 5.64. The maximum absolute atomic E-state index is 10.3. The molecule has 0 fully saturated rings. The SMILES string of the molecule is CC(=O)CC(C)C.[N]. The third-order valence-corrected chi connectivity index (χ3v) is 0.696. The standard InChI is InChI=1S/C6H12O.N/c1-5(2)4-6(3)7;/h5H,4H2,1-3H3;. The lowest BCUT2D eigenvalue weighted by Gasteiger charge is -1.95. The number of hydrogen-bond acceptors (Lipinski definition) is 1. The van der Waals surface area contributed by atoms with Crippen molar-refractivity contribution in [1.29, 1.82) is 0 Å². The summed E-state index contributed by atoms with van der Waals surface area (Å²) in [5, 5.41) is 0. The average molecular weight is 114 g/mol. The van der Waals surface area contributed by atoms with Gasteiger partial charge in [-0.25, -0.2) is 0 Å². The monoisotopic (exact) mass is 114 g/mol. The highest BCUT2D eigenvalue weighted by molar-refractivity contribution is 5.75. The van der Waals surface area contributed by atoms with Crippen molar-refractivity contribution in [3.8, 4) is 0 Å². The Bertz CT molecular complexity index is 68.9. The van der Waals surface area contributed by atoms with E-state index in [1.165, 1.54) is 0 Å². The summed E-state index contributed by atoms with van der Waals surface area (Å²) in [6.07, 6.45) is 0.722. The topological polar surface area (TPSA) is 47.6 Å². The van der Waals surface area contributed by atoms with Crippen molar-refractivity contribution in [2.24, 2.45) is 5.92 Å². The summed E-state index contributed by atoms with van der Waals surface area (Å²) in [6.45, 7) is 5.71. The predicted molar refractivity (Wildman–Crippen MR) is 32.3 cm³/mol. The number of Topliss-reactive ketones (excluding diaryl/α,β-unsaturated/α-hetero) is 1. The molecule has 3 radical (unpaired) electrons. The molecule has 0 aromatic rings. The molecule has 8 heavy (non-hydrogen) atoms. The second kappa shape index (κ2) is 4.78. The minimum absolute atomic E-state index is 0. The summed E-state index contributed by atoms with van der Waals surface area (Å²) in [4.78, 5) is 10.3. The van der Waals surface area contributed by atoms with E-state index in [-0.39, 0.29) is 11.9 Å². The van der Waals surface area contributed by atoms with E-state index in [1.54, 1.807) is 6.92 Å². The Hall–Kier alpha value is -0.370. The van der Waals surface area contributed by atoms with Gasteiger partial charge in [-0.3, -0.25) is 0 Å². The second-order valence-electron chi connectivity index (χ2n) is 2.30. The summed E-state index contributed by atoms with van der Waals surface area (Å²) >= 11 is 0. The first-order chi connectivity index (χ1) is 3.13. The maximum Gasteiger partial charge on any atom is 0.130 e. The van der Waals surface area contributed by atoms with Crippen molar-refractivity contribution < 1.29 is 4.79 Å². The molecule has 0 amide bonds. The molecule has 0 aliphatic rings. The van der Waals surface area contributed by atoms with Crippen molar-refractivity contribution in [3.05, 3.63) is 0 Å². The van der Waals surface area contributed by atoms with E-state index in [0.29, 0.717) is 5.92 Å². The van der Waals surface area contributed by atoms with Gasteiger partial charge in [-0.1, -0.05) is 13.8 Å². The van der Waals surface area contributed by atoms with Crippen LogP contribution in [0.3, 0.4) is 0 Å². The van der Waals surface area contributed by atoms with Gasteiger partial charge in [0.2, 0.25) is 0 Å². The summed E-state index contributed by atoms with van der Waals surface area (Å²) in [5.74, 6) is 0.813. The van der Waals surface area contributed by atoms with Gasteiger partial charge in [0.1, 0.15) is 5.78 Å². The minimum atomic E-state index is 0. The van der Waals surface area contributed by atoms with Crippen molar-refractivity contribution in [2.45, 2.75) is 27.2 Å². The van der Waals surface area contributed by atoms with E-state index in [1.807, 2.05) is 13.8 Å². The molecule has 0 saturated carbocycles. The lowest BCUT2D eigenvalue weighted by Crippen LogP contribution is -1.95. The summed E-state index contributed by atoms with van der Waals surface area (Å²) in [7, 11) is 0. The average Bonchev–Trinajstić information content (AvgIpc) is 1.27. The zero-order chi connectivity index (χ0) is 5.86. The number of nitrogens with zero attached hydrogens (tertiary/aromatic N) is 1. The number of hydrogen-bond donors (Lipinski definition) is 0. The van der Waals surface area contributed by atoms with Gasteiger partial charge in [0.15, 0.2) is 0 Å². The summed E-state index contributed by atoms with van der Waals surface area (Å²) in [6, 6.07) is 0. The molecular weight excluding hydrogens is 102 g/mol. The minimum Gasteiger partial charge on any atom is -0.300 e. The van der Waals surface area contributed by atoms with Crippen LogP contribution in [-0.4, -0.2) is 5.78 Å². The summed E-state index contributed by atoms with van der Waals surface area (Å²) < 4.78 is 0. The fourth-order valence-corrected chi connectivity index (χ4v) is 0.575. The van der Waals surface area contributed by atoms with Crippen molar-refractivity contribution in [3.63, 3.8) is 0 Å². The molecule has 0 heterocycles. The second-order valence-corrected chi connectivity index (χ2v) is 2.30. The van der Waals surface area contributed by atoms with Gasteiger partial charge in [0.25, 0.3) is 0 Å². The Kier molecular flexibility index (Phi) is 6.32. The smallest absolute Gasteiger partial charge is 0.130 e. The number of rotatable bonds is 2. The van der Waals surface area contributed by atoms with Crippen LogP contribution in [0.25, 0.3) is 0 Å². The molecule has 0 spiro atoms. The van der Waals surface area contributed by atoms with E-state index in [4.69, 9.17) is 0 Å². The van der Waals surface area contributed by atoms with Gasteiger partial charge in [0, 0.05) is 12.6 Å². The van der Waals surface area contributed by atoms with Crippen LogP contribution in [-0.2, 0) is 4.79 Å². The largest absolute Gasteiger partial charge is 0.300 e. The fraction of sp³-hybridized carbons (Fsp3) is 0.833. The van der Waals surface area contributed by atoms with Crippen molar-refractivity contribution in [1.82, 2.24) is 6.15 Å². The van der Waals surface area contributed by atoms with Crippen LogP contribution in [0.1, 0.15) is 27.2 Å². The van der Waals surface area contributed by atoms with E-state index in [9.17, 15) is 4.79 Å². The molecule has 0 aliphatic heterocycles. The van der Waals surface area contributed by atoms with Gasteiger partial charge in [-0.15, -0.1) is 0 Å². The van der Waals surface area contributed by atoms with Crippen LogP contribution in [0.15, 0.2) is 0 Å². The van der Waals surface area contributed by atoms with Gasteiger partial charge >= 0.3 is 0 Å². The first kappa shape index (κ1) is 10.6. The molecule has 47 valence electrons. The van der Waals surface area contributed by atoms with Crippen LogP contribution < -0.4 is 6.15 Å². The molecule has 0 unspecified atom stereocenters. The lowest BCUT2D eigenvalue weighted by atomic mass is 10.1. The highest BCUT2D eigenvalue weighted by Crippen LogP contribution is 1.97. The van der Waals surface area contributed by atoms with E-state index >= 15 is 0 Å². The zero-order valence-electron chi connectivity index (χ0n) is 5.64. The quantitative estimate of drug-likeness (QED) is 0.531. The highest BCUT2D eigenvalue weighted by Gasteiger charge is 1.95. The fourth-order valence-electron chi connectivity index (χ4n) is 0.575. The predicted octanol–water partition coefficient (Wildman–Crippen LogP) is 1.14. The lowest BCUT2D eigenvalue weighted by molar-refractivity contribution is -0.117. The van der Waals surface area contributed by atoms with E-state index < -0.39 is 0 Å². The first-order valence-corrected chi connectivity index (χ1v) is 2.62. The first-order valence-electron chi connectivity index (χ1n) is 2.62. The van der Waals surface area contributed by atoms with E-state index in [2.05, 4.69) is 0 Å². The van der Waals surface area contributed by atoms with Crippen LogP contribution in [0.5, 0.6) is 0 Å². The number of ketones is 1. The Morgan fingerprint density at radius 2 is 1.88 bits per heavy atom. The van der Waals surface area contributed by atoms with Crippen LogP contribution in [0.4, 0.5) is 0 Å². The Morgan fingerprint density at radius 3 is 1.88 bits per heavy atom. The number of carbonyl (C=O) groups is 1. The molecule has 0 atom stereocenters. The molecule has 2 heteroatoms. The Balaban J connectivity index is 0. The molecule has 0 N–H and O–H groups in total. The molecule has 0 aromatic heterocycles. The highest BCUT2D eigenvalue weighted by atomic mass is 16.1. The third kappa shape index (κ3) is 9.16. The van der Waals surface area contributed by atoms with Crippen LogP contribution in [0, 0.1) is 5.92 Å². The third-order valence-electron chi connectivity index (χ3n) is 0.696. The molecule has 0 saturated heterocycles. The maximum atomic E-state index is 10.3.